The van der Waals surface area contributed by atoms with Gasteiger partial charge >= 0.3 is 0 Å². The Bertz CT molecular complexity index is 1490. The van der Waals surface area contributed by atoms with E-state index in [2.05, 4.69) is 10.0 Å². The number of amides is 1. The van der Waals surface area contributed by atoms with E-state index >= 15 is 0 Å². The van der Waals surface area contributed by atoms with Crippen LogP contribution in [0.1, 0.15) is 35.1 Å². The summed E-state index contributed by atoms with van der Waals surface area (Å²) in [7, 11) is -7.26. The molecule has 2 N–H and O–H groups in total. The van der Waals surface area contributed by atoms with Gasteiger partial charge in [-0.3, -0.25) is 9.52 Å². The van der Waals surface area contributed by atoms with Gasteiger partial charge in [-0.2, -0.15) is 0 Å². The fourth-order valence-electron chi connectivity index (χ4n) is 4.51. The predicted octanol–water partition coefficient (Wildman–Crippen LogP) is 4.59. The highest BCUT2D eigenvalue weighted by atomic mass is 32.2. The van der Waals surface area contributed by atoms with Crippen molar-refractivity contribution in [1.82, 2.24) is 4.31 Å². The number of carbonyl (C=O) groups excluding carboxylic acids is 1. The molecule has 8 nitrogen and oxygen atoms in total. The van der Waals surface area contributed by atoms with E-state index in [9.17, 15) is 21.6 Å². The Hall–Kier alpha value is -3.21. The highest BCUT2D eigenvalue weighted by Crippen LogP contribution is 2.26. The van der Waals surface area contributed by atoms with Crippen molar-refractivity contribution in [3.8, 4) is 0 Å². The van der Waals surface area contributed by atoms with Crippen molar-refractivity contribution in [3.05, 3.63) is 89.0 Å². The first-order chi connectivity index (χ1) is 17.9. The summed E-state index contributed by atoms with van der Waals surface area (Å²) in [5, 5.41) is 2.83. The van der Waals surface area contributed by atoms with Crippen LogP contribution in [0.15, 0.2) is 71.6 Å². The summed E-state index contributed by atoms with van der Waals surface area (Å²) in [6.07, 6.45) is 0.843. The lowest BCUT2D eigenvalue weighted by molar-refractivity contribution is -0.120. The second kappa shape index (κ2) is 11.3. The maximum Gasteiger partial charge on any atom is 0.261 e. The summed E-state index contributed by atoms with van der Waals surface area (Å²) in [6.45, 7) is 6.21. The lowest BCUT2D eigenvalue weighted by atomic mass is 9.97. The fraction of sp³-hybridized carbons (Fsp3) is 0.321. The van der Waals surface area contributed by atoms with Crippen molar-refractivity contribution >= 4 is 37.3 Å². The molecule has 3 aromatic rings. The van der Waals surface area contributed by atoms with Crippen LogP contribution in [0.25, 0.3) is 0 Å². The van der Waals surface area contributed by atoms with Gasteiger partial charge in [0.05, 0.1) is 16.3 Å². The van der Waals surface area contributed by atoms with Crippen LogP contribution < -0.4 is 10.0 Å². The Labute approximate surface area is 225 Å². The highest BCUT2D eigenvalue weighted by Gasteiger charge is 2.31. The van der Waals surface area contributed by atoms with E-state index in [-0.39, 0.29) is 35.6 Å². The average molecular weight is 556 g/mol. The summed E-state index contributed by atoms with van der Waals surface area (Å²) >= 11 is 0. The first-order valence-electron chi connectivity index (χ1n) is 12.5. The van der Waals surface area contributed by atoms with Gasteiger partial charge < -0.3 is 5.32 Å². The number of carbonyl (C=O) groups is 1. The molecule has 10 heteroatoms. The van der Waals surface area contributed by atoms with Crippen molar-refractivity contribution in [2.75, 3.05) is 23.1 Å². The van der Waals surface area contributed by atoms with Gasteiger partial charge in [0, 0.05) is 24.7 Å². The van der Waals surface area contributed by atoms with E-state index in [1.54, 1.807) is 12.1 Å². The molecule has 0 aliphatic carbocycles. The predicted molar refractivity (Wildman–Crippen MR) is 150 cm³/mol. The normalized spacial score (nSPS) is 15.2. The maximum atomic E-state index is 12.9. The van der Waals surface area contributed by atoms with Crippen molar-refractivity contribution in [3.63, 3.8) is 0 Å². The van der Waals surface area contributed by atoms with Crippen LogP contribution in [-0.2, 0) is 30.6 Å². The molecule has 3 aromatic carbocycles. The lowest BCUT2D eigenvalue weighted by Crippen LogP contribution is -2.41. The summed E-state index contributed by atoms with van der Waals surface area (Å²) in [5.74, 6) is -0.586. The molecule has 0 bridgehead atoms. The van der Waals surface area contributed by atoms with Gasteiger partial charge in [0.1, 0.15) is 0 Å². The summed E-state index contributed by atoms with van der Waals surface area (Å²) < 4.78 is 55.5. The quantitative estimate of drug-likeness (QED) is 0.422. The molecule has 1 aliphatic heterocycles. The average Bonchev–Trinajstić information content (AvgIpc) is 2.88. The number of aryl methyl sites for hydroxylation is 3. The molecule has 38 heavy (non-hydrogen) atoms. The van der Waals surface area contributed by atoms with Crippen LogP contribution in [0.3, 0.4) is 0 Å². The molecule has 1 amide bonds. The summed E-state index contributed by atoms with van der Waals surface area (Å²) in [4.78, 5) is 12.9. The van der Waals surface area contributed by atoms with Crippen molar-refractivity contribution in [1.29, 1.82) is 0 Å². The van der Waals surface area contributed by atoms with Gasteiger partial charge in [0.25, 0.3) is 10.0 Å². The zero-order chi connectivity index (χ0) is 27.5. The first-order valence-corrected chi connectivity index (χ1v) is 15.6. The van der Waals surface area contributed by atoms with E-state index in [0.29, 0.717) is 24.2 Å². The fourth-order valence-corrected chi connectivity index (χ4v) is 7.28. The largest absolute Gasteiger partial charge is 0.326 e. The summed E-state index contributed by atoms with van der Waals surface area (Å²) in [5.41, 5.74) is 4.50. The number of benzene rings is 3. The minimum absolute atomic E-state index is 0.0579. The molecule has 4 rings (SSSR count). The van der Waals surface area contributed by atoms with Crippen molar-refractivity contribution in [2.24, 2.45) is 5.92 Å². The van der Waals surface area contributed by atoms with E-state index in [4.69, 9.17) is 0 Å². The number of hydrogen-bond acceptors (Lipinski definition) is 5. The van der Waals surface area contributed by atoms with Crippen LogP contribution in [0.4, 0.5) is 11.4 Å². The standard InChI is InChI=1S/C28H33N3O5S2/c1-20-7-9-23(10-8-20)19-37(33,34)31-17-15-24(16-18-31)28(32)29-25-11-13-26(14-12-25)38(35,36)30-27-21(2)5-4-6-22(27)3/h4-14,24,30H,15-19H2,1-3H3,(H,29,32). The smallest absolute Gasteiger partial charge is 0.261 e. The minimum atomic E-state index is -3.79. The molecule has 1 fully saturated rings. The molecular weight excluding hydrogens is 522 g/mol. The number of hydrogen-bond donors (Lipinski definition) is 2. The Balaban J connectivity index is 1.33. The molecule has 0 saturated carbocycles. The van der Waals surface area contributed by atoms with Gasteiger partial charge in [-0.15, -0.1) is 0 Å². The Morgan fingerprint density at radius 1 is 0.842 bits per heavy atom. The molecule has 0 spiro atoms. The number of sulfonamides is 2. The van der Waals surface area contributed by atoms with Crippen LogP contribution >= 0.6 is 0 Å². The molecular formula is C28H33N3O5S2. The maximum absolute atomic E-state index is 12.9. The zero-order valence-corrected chi connectivity index (χ0v) is 23.4. The van der Waals surface area contributed by atoms with Gasteiger partial charge in [-0.1, -0.05) is 48.0 Å². The Morgan fingerprint density at radius 3 is 2.00 bits per heavy atom. The number of nitrogens with one attached hydrogen (secondary N) is 2. The number of piperidine rings is 1. The number of rotatable bonds is 8. The van der Waals surface area contributed by atoms with E-state index in [1.807, 2.05) is 63.2 Å². The molecule has 1 aliphatic rings. The number of anilines is 2. The van der Waals surface area contributed by atoms with E-state index in [1.165, 1.54) is 16.4 Å². The number of nitrogens with zero attached hydrogens (tertiary/aromatic N) is 1. The van der Waals surface area contributed by atoms with Crippen LogP contribution in [0.5, 0.6) is 0 Å². The van der Waals surface area contributed by atoms with Gasteiger partial charge in [0.2, 0.25) is 15.9 Å². The first kappa shape index (κ1) is 27.8. The SMILES string of the molecule is Cc1ccc(CS(=O)(=O)N2CCC(C(=O)Nc3ccc(S(=O)(=O)Nc4c(C)cccc4C)cc3)CC2)cc1. The Kier molecular flexibility index (Phi) is 8.25. The van der Waals surface area contributed by atoms with E-state index < -0.39 is 20.0 Å². The van der Waals surface area contributed by atoms with Crippen LogP contribution in [0.2, 0.25) is 0 Å². The molecule has 0 unspecified atom stereocenters. The van der Waals surface area contributed by atoms with Gasteiger partial charge in [0.15, 0.2) is 0 Å². The molecule has 1 heterocycles. The molecule has 0 aromatic heterocycles. The third-order valence-electron chi connectivity index (χ3n) is 6.84. The van der Waals surface area contributed by atoms with Crippen LogP contribution in [0, 0.1) is 26.7 Å². The minimum Gasteiger partial charge on any atom is -0.326 e. The second-order valence-electron chi connectivity index (χ2n) is 9.80. The molecule has 0 atom stereocenters. The third kappa shape index (κ3) is 6.61. The van der Waals surface area contributed by atoms with E-state index in [0.717, 1.165) is 22.3 Å². The van der Waals surface area contributed by atoms with Gasteiger partial charge in [-0.25, -0.2) is 21.1 Å². The van der Waals surface area contributed by atoms with Crippen molar-refractivity contribution in [2.45, 2.75) is 44.3 Å². The monoisotopic (exact) mass is 555 g/mol. The van der Waals surface area contributed by atoms with Crippen LogP contribution in [-0.4, -0.2) is 40.1 Å². The highest BCUT2D eigenvalue weighted by molar-refractivity contribution is 7.92. The van der Waals surface area contributed by atoms with Gasteiger partial charge in [-0.05, 0) is 74.6 Å². The zero-order valence-electron chi connectivity index (χ0n) is 21.8. The lowest BCUT2D eigenvalue weighted by Gasteiger charge is -2.30. The molecule has 202 valence electrons. The molecule has 1 saturated heterocycles. The third-order valence-corrected chi connectivity index (χ3v) is 10.1. The molecule has 0 radical (unpaired) electrons. The second-order valence-corrected chi connectivity index (χ2v) is 13.5. The topological polar surface area (TPSA) is 113 Å². The Morgan fingerprint density at radius 2 is 1.42 bits per heavy atom. The summed E-state index contributed by atoms with van der Waals surface area (Å²) in [6, 6.07) is 19.0. The van der Waals surface area contributed by atoms with Crippen molar-refractivity contribution < 1.29 is 21.6 Å². The number of para-hydroxylation sites is 1.